The molecule has 0 amide bonds. The molecule has 0 saturated heterocycles. The van der Waals surface area contributed by atoms with Crippen LogP contribution in [0.5, 0.6) is 0 Å². The van der Waals surface area contributed by atoms with Gasteiger partial charge in [0.05, 0.1) is 24.9 Å². The number of carbonyl (C=O) groups is 1. The molecule has 1 fully saturated rings. The second-order valence-electron chi connectivity index (χ2n) is 4.10. The van der Waals surface area contributed by atoms with Crippen molar-refractivity contribution in [2.45, 2.75) is 38.5 Å². The van der Waals surface area contributed by atoms with Gasteiger partial charge in [-0.3, -0.25) is 4.68 Å². The van der Waals surface area contributed by atoms with E-state index in [1.807, 2.05) is 0 Å². The summed E-state index contributed by atoms with van der Waals surface area (Å²) in [7, 11) is 0. The van der Waals surface area contributed by atoms with Crippen LogP contribution in [0.25, 0.3) is 0 Å². The maximum Gasteiger partial charge on any atom is 0.354 e. The molecule has 15 heavy (non-hydrogen) atoms. The summed E-state index contributed by atoms with van der Waals surface area (Å²) in [5.74, 6) is -0.888. The van der Waals surface area contributed by atoms with Gasteiger partial charge in [0.25, 0.3) is 0 Å². The summed E-state index contributed by atoms with van der Waals surface area (Å²) in [6, 6.07) is 0.293. The smallest absolute Gasteiger partial charge is 0.354 e. The number of hydrogen-bond donors (Lipinski definition) is 1. The van der Waals surface area contributed by atoms with E-state index in [2.05, 4.69) is 5.10 Å². The molecule has 2 heterocycles. The molecule has 1 aliphatic heterocycles. The average Bonchev–Trinajstić information content (AvgIpc) is 2.58. The summed E-state index contributed by atoms with van der Waals surface area (Å²) in [6.45, 7) is 0.846. The first kappa shape index (κ1) is 8.91. The van der Waals surface area contributed by atoms with Gasteiger partial charge < -0.3 is 9.84 Å². The first-order valence-corrected chi connectivity index (χ1v) is 5.18. The van der Waals surface area contributed by atoms with E-state index in [4.69, 9.17) is 4.74 Å². The van der Waals surface area contributed by atoms with Crippen molar-refractivity contribution in [3.63, 3.8) is 0 Å². The molecular formula is C10H12N2O3. The maximum atomic E-state index is 11.2. The molecule has 0 radical (unpaired) electrons. The number of ether oxygens (including phenoxy) is 1. The summed E-state index contributed by atoms with van der Waals surface area (Å²) < 4.78 is 6.89. The first-order chi connectivity index (χ1) is 7.27. The highest BCUT2D eigenvalue weighted by Gasteiger charge is 2.32. The van der Waals surface area contributed by atoms with E-state index in [1.165, 1.54) is 6.42 Å². The molecule has 1 aromatic rings. The van der Waals surface area contributed by atoms with Crippen LogP contribution in [0, 0.1) is 0 Å². The summed E-state index contributed by atoms with van der Waals surface area (Å²) in [5, 5.41) is 13.5. The molecule has 5 heteroatoms. The van der Waals surface area contributed by atoms with E-state index in [-0.39, 0.29) is 0 Å². The number of carboxylic acids is 1. The van der Waals surface area contributed by atoms with Gasteiger partial charge in [0.15, 0.2) is 5.69 Å². The zero-order valence-electron chi connectivity index (χ0n) is 8.27. The van der Waals surface area contributed by atoms with Crippen molar-refractivity contribution in [3.05, 3.63) is 17.0 Å². The van der Waals surface area contributed by atoms with E-state index in [1.54, 1.807) is 4.68 Å². The fourth-order valence-electron chi connectivity index (χ4n) is 2.16. The Bertz CT molecular complexity index is 421. The minimum Gasteiger partial charge on any atom is -0.477 e. The number of aromatic nitrogens is 2. The van der Waals surface area contributed by atoms with Gasteiger partial charge >= 0.3 is 5.97 Å². The van der Waals surface area contributed by atoms with Gasteiger partial charge in [-0.05, 0) is 19.3 Å². The molecule has 5 nitrogen and oxygen atoms in total. The van der Waals surface area contributed by atoms with Crippen LogP contribution in [-0.2, 0) is 18.0 Å². The Morgan fingerprint density at radius 1 is 1.47 bits per heavy atom. The molecule has 1 aliphatic carbocycles. The molecule has 0 spiro atoms. The third kappa shape index (κ3) is 1.19. The van der Waals surface area contributed by atoms with Gasteiger partial charge in [-0.2, -0.15) is 5.10 Å². The Labute approximate surface area is 86.7 Å². The number of nitrogens with zero attached hydrogens (tertiary/aromatic N) is 2. The fourth-order valence-corrected chi connectivity index (χ4v) is 2.16. The molecule has 2 aliphatic rings. The van der Waals surface area contributed by atoms with Gasteiger partial charge in [0, 0.05) is 5.56 Å². The molecular weight excluding hydrogens is 196 g/mol. The predicted molar refractivity (Wildman–Crippen MR) is 50.6 cm³/mol. The van der Waals surface area contributed by atoms with Crippen molar-refractivity contribution in [2.24, 2.45) is 0 Å². The van der Waals surface area contributed by atoms with Gasteiger partial charge in [-0.15, -0.1) is 0 Å². The molecule has 0 unspecified atom stereocenters. The van der Waals surface area contributed by atoms with E-state index in [0.717, 1.165) is 24.1 Å². The second-order valence-corrected chi connectivity index (χ2v) is 4.10. The van der Waals surface area contributed by atoms with Gasteiger partial charge in [-0.1, -0.05) is 0 Å². The standard InChI is InChI=1S/C10H12N2O3/c13-10(14)9-7-4-15-5-8(7)11-12(9)6-2-1-3-6/h6H,1-5H2,(H,13,14). The number of carboxylic acid groups (broad SMARTS) is 1. The Morgan fingerprint density at radius 3 is 2.87 bits per heavy atom. The van der Waals surface area contributed by atoms with Crippen LogP contribution in [0.4, 0.5) is 0 Å². The number of fused-ring (bicyclic) bond motifs is 1. The zero-order valence-corrected chi connectivity index (χ0v) is 8.27. The molecule has 1 N–H and O–H groups in total. The lowest BCUT2D eigenvalue weighted by atomic mass is 9.93. The highest BCUT2D eigenvalue weighted by Crippen LogP contribution is 2.35. The van der Waals surface area contributed by atoms with Crippen molar-refractivity contribution in [1.29, 1.82) is 0 Å². The Balaban J connectivity index is 2.09. The largest absolute Gasteiger partial charge is 0.477 e. The van der Waals surface area contributed by atoms with Crippen LogP contribution < -0.4 is 0 Å². The van der Waals surface area contributed by atoms with E-state index < -0.39 is 5.97 Å². The number of rotatable bonds is 2. The van der Waals surface area contributed by atoms with Crippen molar-refractivity contribution in [1.82, 2.24) is 9.78 Å². The fraction of sp³-hybridized carbons (Fsp3) is 0.600. The lowest BCUT2D eigenvalue weighted by molar-refractivity contribution is 0.0665. The van der Waals surface area contributed by atoms with Gasteiger partial charge in [0.2, 0.25) is 0 Å². The van der Waals surface area contributed by atoms with Crippen LogP contribution >= 0.6 is 0 Å². The van der Waals surface area contributed by atoms with Crippen LogP contribution in [0.15, 0.2) is 0 Å². The highest BCUT2D eigenvalue weighted by molar-refractivity contribution is 5.88. The minimum absolute atomic E-state index is 0.293. The molecule has 0 aromatic carbocycles. The number of aromatic carboxylic acids is 1. The van der Waals surface area contributed by atoms with Crippen LogP contribution in [0.2, 0.25) is 0 Å². The van der Waals surface area contributed by atoms with Crippen molar-refractivity contribution >= 4 is 5.97 Å². The van der Waals surface area contributed by atoms with Crippen molar-refractivity contribution in [2.75, 3.05) is 0 Å². The third-order valence-corrected chi connectivity index (χ3v) is 3.20. The normalized spacial score (nSPS) is 20.0. The number of hydrogen-bond acceptors (Lipinski definition) is 3. The first-order valence-electron chi connectivity index (χ1n) is 5.18. The van der Waals surface area contributed by atoms with Crippen molar-refractivity contribution in [3.8, 4) is 0 Å². The van der Waals surface area contributed by atoms with E-state index in [0.29, 0.717) is 24.9 Å². The Kier molecular flexibility index (Phi) is 1.82. The molecule has 0 bridgehead atoms. The second kappa shape index (κ2) is 3.06. The lowest BCUT2D eigenvalue weighted by Crippen LogP contribution is -2.23. The van der Waals surface area contributed by atoms with E-state index >= 15 is 0 Å². The lowest BCUT2D eigenvalue weighted by Gasteiger charge is -2.26. The summed E-state index contributed by atoms with van der Waals surface area (Å²) in [5.41, 5.74) is 1.92. The SMILES string of the molecule is O=C(O)c1c2c(nn1C1CCC1)COC2. The summed E-state index contributed by atoms with van der Waals surface area (Å²) in [4.78, 5) is 11.2. The molecule has 3 rings (SSSR count). The molecule has 1 saturated carbocycles. The summed E-state index contributed by atoms with van der Waals surface area (Å²) >= 11 is 0. The highest BCUT2D eigenvalue weighted by atomic mass is 16.5. The Hall–Kier alpha value is -1.36. The Morgan fingerprint density at radius 2 is 2.27 bits per heavy atom. The predicted octanol–water partition coefficient (Wildman–Crippen LogP) is 1.34. The average molecular weight is 208 g/mol. The van der Waals surface area contributed by atoms with Crippen LogP contribution in [-0.4, -0.2) is 20.9 Å². The zero-order chi connectivity index (χ0) is 10.4. The van der Waals surface area contributed by atoms with Gasteiger partial charge in [0.1, 0.15) is 0 Å². The monoisotopic (exact) mass is 208 g/mol. The molecule has 1 aromatic heterocycles. The molecule has 80 valence electrons. The summed E-state index contributed by atoms with van der Waals surface area (Å²) in [6.07, 6.45) is 3.26. The quantitative estimate of drug-likeness (QED) is 0.796. The maximum absolute atomic E-state index is 11.2. The van der Waals surface area contributed by atoms with Crippen molar-refractivity contribution < 1.29 is 14.6 Å². The van der Waals surface area contributed by atoms with Crippen LogP contribution in [0.3, 0.4) is 0 Å². The third-order valence-electron chi connectivity index (χ3n) is 3.20. The topological polar surface area (TPSA) is 64.3 Å². The van der Waals surface area contributed by atoms with E-state index in [9.17, 15) is 9.90 Å². The molecule has 0 atom stereocenters. The van der Waals surface area contributed by atoms with Gasteiger partial charge in [-0.25, -0.2) is 4.79 Å². The minimum atomic E-state index is -0.888. The van der Waals surface area contributed by atoms with Crippen LogP contribution in [0.1, 0.15) is 47.1 Å².